The Kier molecular flexibility index (Phi) is 3.10. The summed E-state index contributed by atoms with van der Waals surface area (Å²) < 4.78 is 11.5. The average molecular weight is 282 g/mol. The third-order valence-electron chi connectivity index (χ3n) is 4.14. The summed E-state index contributed by atoms with van der Waals surface area (Å²) in [5, 5.41) is 0. The molecule has 2 aromatic rings. The normalized spacial score (nSPS) is 23.3. The molecule has 108 valence electrons. The fourth-order valence-corrected chi connectivity index (χ4v) is 2.88. The minimum absolute atomic E-state index is 0.285. The van der Waals surface area contributed by atoms with E-state index in [4.69, 9.17) is 9.47 Å². The Morgan fingerprint density at radius 3 is 2.10 bits per heavy atom. The first-order valence-corrected chi connectivity index (χ1v) is 6.96. The van der Waals surface area contributed by atoms with E-state index in [1.54, 1.807) is 7.11 Å². The molecular formula is C18H18O3. The van der Waals surface area contributed by atoms with Crippen LogP contribution in [-0.4, -0.2) is 13.1 Å². The molecule has 1 aliphatic rings. The third-order valence-corrected chi connectivity index (χ3v) is 4.14. The minimum atomic E-state index is -1.18. The molecule has 0 radical (unpaired) electrons. The molecule has 0 saturated carbocycles. The standard InChI is InChI=1S/C18H18O3/c1-17(2)14-11-7-8-12-15(14)18(20-3,21-16(17)19)13-9-5-4-6-10-13/h4-12H,1-3H3/t18-/m1/s1. The molecule has 1 atom stereocenters. The van der Waals surface area contributed by atoms with Crippen molar-refractivity contribution in [1.82, 2.24) is 0 Å². The average Bonchev–Trinajstić information content (AvgIpc) is 2.52. The second kappa shape index (κ2) is 4.71. The van der Waals surface area contributed by atoms with E-state index in [1.165, 1.54) is 0 Å². The van der Waals surface area contributed by atoms with Gasteiger partial charge in [-0.25, -0.2) is 0 Å². The van der Waals surface area contributed by atoms with Crippen LogP contribution in [0.4, 0.5) is 0 Å². The Bertz CT molecular complexity index is 676. The zero-order valence-corrected chi connectivity index (χ0v) is 12.4. The van der Waals surface area contributed by atoms with Crippen molar-refractivity contribution < 1.29 is 14.3 Å². The van der Waals surface area contributed by atoms with E-state index in [1.807, 2.05) is 68.4 Å². The van der Waals surface area contributed by atoms with Gasteiger partial charge in [-0.15, -0.1) is 0 Å². The third kappa shape index (κ3) is 1.88. The summed E-state index contributed by atoms with van der Waals surface area (Å²) in [6, 6.07) is 17.4. The maximum atomic E-state index is 12.5. The lowest BCUT2D eigenvalue weighted by molar-refractivity contribution is -0.220. The van der Waals surface area contributed by atoms with Crippen LogP contribution in [0.1, 0.15) is 30.5 Å². The van der Waals surface area contributed by atoms with E-state index in [2.05, 4.69) is 0 Å². The van der Waals surface area contributed by atoms with Gasteiger partial charge < -0.3 is 9.47 Å². The van der Waals surface area contributed by atoms with Crippen LogP contribution in [0, 0.1) is 0 Å². The molecule has 3 heteroatoms. The van der Waals surface area contributed by atoms with Crippen LogP contribution >= 0.6 is 0 Å². The predicted molar refractivity (Wildman–Crippen MR) is 79.8 cm³/mol. The smallest absolute Gasteiger partial charge is 0.319 e. The van der Waals surface area contributed by atoms with Crippen LogP contribution in [0.5, 0.6) is 0 Å². The topological polar surface area (TPSA) is 35.5 Å². The van der Waals surface area contributed by atoms with Gasteiger partial charge in [-0.05, 0) is 19.4 Å². The van der Waals surface area contributed by atoms with E-state index in [-0.39, 0.29) is 5.97 Å². The van der Waals surface area contributed by atoms with Crippen molar-refractivity contribution in [2.24, 2.45) is 0 Å². The molecule has 0 N–H and O–H groups in total. The number of cyclic esters (lactones) is 1. The first-order chi connectivity index (χ1) is 10.0. The Balaban J connectivity index is 2.31. The number of benzene rings is 2. The van der Waals surface area contributed by atoms with Crippen molar-refractivity contribution >= 4 is 5.97 Å². The summed E-state index contributed by atoms with van der Waals surface area (Å²) in [6.45, 7) is 3.75. The highest BCUT2D eigenvalue weighted by atomic mass is 16.7. The molecule has 0 fully saturated rings. The molecule has 0 aliphatic carbocycles. The fourth-order valence-electron chi connectivity index (χ4n) is 2.88. The van der Waals surface area contributed by atoms with Crippen molar-refractivity contribution in [2.45, 2.75) is 25.0 Å². The minimum Gasteiger partial charge on any atom is -0.423 e. The molecule has 0 spiro atoms. The van der Waals surface area contributed by atoms with Gasteiger partial charge in [0.25, 0.3) is 5.79 Å². The zero-order chi connectivity index (χ0) is 15.1. The maximum Gasteiger partial charge on any atom is 0.319 e. The van der Waals surface area contributed by atoms with Crippen molar-refractivity contribution in [3.05, 3.63) is 71.3 Å². The molecule has 21 heavy (non-hydrogen) atoms. The number of carbonyl (C=O) groups is 1. The van der Waals surface area contributed by atoms with Crippen molar-refractivity contribution in [3.8, 4) is 0 Å². The number of hydrogen-bond donors (Lipinski definition) is 0. The van der Waals surface area contributed by atoms with Crippen LogP contribution in [0.25, 0.3) is 0 Å². The van der Waals surface area contributed by atoms with Gasteiger partial charge in [-0.1, -0.05) is 54.6 Å². The Morgan fingerprint density at radius 2 is 1.48 bits per heavy atom. The first-order valence-electron chi connectivity index (χ1n) is 6.96. The van der Waals surface area contributed by atoms with E-state index < -0.39 is 11.2 Å². The lowest BCUT2D eigenvalue weighted by atomic mass is 9.76. The molecule has 3 nitrogen and oxygen atoms in total. The van der Waals surface area contributed by atoms with Crippen LogP contribution in [0.3, 0.4) is 0 Å². The quantitative estimate of drug-likeness (QED) is 0.792. The number of fused-ring (bicyclic) bond motifs is 1. The van der Waals surface area contributed by atoms with Gasteiger partial charge in [-0.2, -0.15) is 0 Å². The fraction of sp³-hybridized carbons (Fsp3) is 0.278. The van der Waals surface area contributed by atoms with Crippen molar-refractivity contribution in [2.75, 3.05) is 7.11 Å². The van der Waals surface area contributed by atoms with Gasteiger partial charge in [-0.3, -0.25) is 4.79 Å². The second-order valence-electron chi connectivity index (χ2n) is 5.75. The zero-order valence-electron chi connectivity index (χ0n) is 12.4. The van der Waals surface area contributed by atoms with Crippen LogP contribution < -0.4 is 0 Å². The highest BCUT2D eigenvalue weighted by Gasteiger charge is 2.51. The first kappa shape index (κ1) is 13.8. The molecule has 2 aromatic carbocycles. The van der Waals surface area contributed by atoms with Crippen molar-refractivity contribution in [3.63, 3.8) is 0 Å². The van der Waals surface area contributed by atoms with Gasteiger partial charge >= 0.3 is 5.97 Å². The molecule has 3 rings (SSSR count). The Hall–Kier alpha value is -2.13. The van der Waals surface area contributed by atoms with E-state index in [9.17, 15) is 4.79 Å². The Morgan fingerprint density at radius 1 is 0.905 bits per heavy atom. The summed E-state index contributed by atoms with van der Waals surface area (Å²) in [4.78, 5) is 12.5. The lowest BCUT2D eigenvalue weighted by Gasteiger charge is -2.43. The van der Waals surface area contributed by atoms with Gasteiger partial charge in [0, 0.05) is 18.2 Å². The largest absolute Gasteiger partial charge is 0.423 e. The molecule has 0 amide bonds. The van der Waals surface area contributed by atoms with Gasteiger partial charge in [0.15, 0.2) is 0 Å². The van der Waals surface area contributed by atoms with E-state index in [0.717, 1.165) is 16.7 Å². The van der Waals surface area contributed by atoms with Crippen LogP contribution in [-0.2, 0) is 25.5 Å². The summed E-state index contributed by atoms with van der Waals surface area (Å²) in [5.74, 6) is -1.46. The summed E-state index contributed by atoms with van der Waals surface area (Å²) in [6.07, 6.45) is 0. The Labute approximate surface area is 124 Å². The molecule has 0 saturated heterocycles. The van der Waals surface area contributed by atoms with Gasteiger partial charge in [0.2, 0.25) is 0 Å². The van der Waals surface area contributed by atoms with Crippen LogP contribution in [0.15, 0.2) is 54.6 Å². The summed E-state index contributed by atoms with van der Waals surface area (Å²) in [5.41, 5.74) is 1.94. The van der Waals surface area contributed by atoms with E-state index in [0.29, 0.717) is 0 Å². The van der Waals surface area contributed by atoms with E-state index >= 15 is 0 Å². The van der Waals surface area contributed by atoms with Gasteiger partial charge in [0.1, 0.15) is 0 Å². The van der Waals surface area contributed by atoms with Gasteiger partial charge in [0.05, 0.1) is 5.41 Å². The molecular weight excluding hydrogens is 264 g/mol. The van der Waals surface area contributed by atoms with Crippen LogP contribution in [0.2, 0.25) is 0 Å². The SMILES string of the molecule is CO[C@]1(c2ccccc2)OC(=O)C(C)(C)c2ccccc21. The number of rotatable bonds is 2. The molecule has 1 aliphatic heterocycles. The highest BCUT2D eigenvalue weighted by molar-refractivity contribution is 5.85. The predicted octanol–water partition coefficient (Wildman–Crippen LogP) is 3.37. The maximum absolute atomic E-state index is 12.5. The molecule has 0 aromatic heterocycles. The number of carbonyl (C=O) groups excluding carboxylic acids is 1. The molecule has 0 bridgehead atoms. The number of esters is 1. The number of methoxy groups -OCH3 is 1. The van der Waals surface area contributed by atoms with Crippen molar-refractivity contribution in [1.29, 1.82) is 0 Å². The molecule has 0 unspecified atom stereocenters. The number of ether oxygens (including phenoxy) is 2. The monoisotopic (exact) mass is 282 g/mol. The summed E-state index contributed by atoms with van der Waals surface area (Å²) in [7, 11) is 1.56. The summed E-state index contributed by atoms with van der Waals surface area (Å²) >= 11 is 0. The number of hydrogen-bond acceptors (Lipinski definition) is 3. The highest BCUT2D eigenvalue weighted by Crippen LogP contribution is 2.45. The second-order valence-corrected chi connectivity index (χ2v) is 5.75. The lowest BCUT2D eigenvalue weighted by Crippen LogP contribution is -2.48. The molecule has 1 heterocycles.